The Morgan fingerprint density at radius 1 is 0.688 bits per heavy atom. The van der Waals surface area contributed by atoms with E-state index < -0.39 is 16.8 Å². The normalized spacial score (nSPS) is 11.3. The van der Waals surface area contributed by atoms with Gasteiger partial charge >= 0.3 is 5.69 Å². The van der Waals surface area contributed by atoms with Gasteiger partial charge in [0.25, 0.3) is 11.1 Å². The first-order valence-corrected chi connectivity index (χ1v) is 10.2. The van der Waals surface area contributed by atoms with Crippen molar-refractivity contribution in [2.45, 2.75) is 0 Å². The lowest BCUT2D eigenvalue weighted by Gasteiger charge is -2.16. The summed E-state index contributed by atoms with van der Waals surface area (Å²) >= 11 is 5.75. The molecule has 5 aromatic rings. The molecule has 0 aliphatic rings. The summed E-state index contributed by atoms with van der Waals surface area (Å²) in [6.07, 6.45) is 0. The average Bonchev–Trinajstić information content (AvgIpc) is 2.82. The number of aromatic nitrogens is 5. The minimum Gasteiger partial charge on any atom is -0.280 e. The summed E-state index contributed by atoms with van der Waals surface area (Å²) < 4.78 is 5.61. The van der Waals surface area contributed by atoms with Crippen molar-refractivity contribution in [2.75, 3.05) is 0 Å². The Labute approximate surface area is 185 Å². The Hall–Kier alpha value is -4.11. The van der Waals surface area contributed by atoms with Gasteiger partial charge in [-0.25, -0.2) is 9.78 Å². The molecule has 0 amide bonds. The number of para-hydroxylation sites is 2. The molecule has 0 N–H and O–H groups in total. The summed E-state index contributed by atoms with van der Waals surface area (Å²) in [5.74, 6) is 0. The smallest absolute Gasteiger partial charge is 0.280 e. The molecule has 0 bridgehead atoms. The predicted octanol–water partition coefficient (Wildman–Crippen LogP) is 2.46. The Morgan fingerprint density at radius 3 is 1.81 bits per heavy atom. The standard InChI is InChI=1S/C23H17N5O3S/c1-25-18-16(20(29)26(2)22(25)31)13-17-19(24-18)27(14-9-5-3-6-10-14)23(32)28(21(17)30)15-11-7-4-8-12-15/h3-13H,1-2H3. The molecule has 9 heteroatoms. The van der Waals surface area contributed by atoms with E-state index in [-0.39, 0.29) is 26.8 Å². The fourth-order valence-corrected chi connectivity index (χ4v) is 4.21. The van der Waals surface area contributed by atoms with E-state index in [4.69, 9.17) is 12.2 Å². The Bertz CT molecular complexity index is 1760. The van der Waals surface area contributed by atoms with Crippen molar-refractivity contribution in [2.24, 2.45) is 14.1 Å². The Kier molecular flexibility index (Phi) is 4.49. The van der Waals surface area contributed by atoms with Crippen molar-refractivity contribution in [3.8, 4) is 11.4 Å². The van der Waals surface area contributed by atoms with Crippen molar-refractivity contribution in [1.82, 2.24) is 23.3 Å². The van der Waals surface area contributed by atoms with Crippen molar-refractivity contribution in [3.63, 3.8) is 0 Å². The summed E-state index contributed by atoms with van der Waals surface area (Å²) in [6.45, 7) is 0. The lowest BCUT2D eigenvalue weighted by Crippen LogP contribution is -2.37. The van der Waals surface area contributed by atoms with E-state index >= 15 is 0 Å². The molecule has 0 aliphatic carbocycles. The molecule has 0 spiro atoms. The molecule has 158 valence electrons. The molecule has 0 aliphatic heterocycles. The van der Waals surface area contributed by atoms with Crippen LogP contribution in [0, 0.1) is 4.77 Å². The number of hydrogen-bond donors (Lipinski definition) is 0. The number of rotatable bonds is 2. The summed E-state index contributed by atoms with van der Waals surface area (Å²) in [5, 5.41) is 0.394. The molecule has 8 nitrogen and oxygen atoms in total. The van der Waals surface area contributed by atoms with Crippen molar-refractivity contribution >= 4 is 34.3 Å². The monoisotopic (exact) mass is 443 g/mol. The third-order valence-electron chi connectivity index (χ3n) is 5.47. The summed E-state index contributed by atoms with van der Waals surface area (Å²) in [4.78, 5) is 43.5. The van der Waals surface area contributed by atoms with Gasteiger partial charge in [0.15, 0.2) is 16.1 Å². The van der Waals surface area contributed by atoms with E-state index in [2.05, 4.69) is 4.98 Å². The summed E-state index contributed by atoms with van der Waals surface area (Å²) in [7, 11) is 2.93. The van der Waals surface area contributed by atoms with Crippen LogP contribution in [0.1, 0.15) is 0 Å². The number of fused-ring (bicyclic) bond motifs is 2. The second kappa shape index (κ2) is 7.24. The van der Waals surface area contributed by atoms with E-state index in [0.29, 0.717) is 11.4 Å². The number of benzene rings is 2. The van der Waals surface area contributed by atoms with Gasteiger partial charge in [0.2, 0.25) is 0 Å². The van der Waals surface area contributed by atoms with Gasteiger partial charge in [-0.05, 0) is 42.5 Å². The highest BCUT2D eigenvalue weighted by Gasteiger charge is 2.18. The van der Waals surface area contributed by atoms with E-state index in [1.165, 1.54) is 29.3 Å². The van der Waals surface area contributed by atoms with Crippen molar-refractivity contribution in [1.29, 1.82) is 0 Å². The second-order valence-corrected chi connectivity index (χ2v) is 7.73. The zero-order chi connectivity index (χ0) is 22.6. The third-order valence-corrected chi connectivity index (χ3v) is 5.83. The van der Waals surface area contributed by atoms with Crippen LogP contribution in [-0.2, 0) is 14.1 Å². The molecule has 0 unspecified atom stereocenters. The summed E-state index contributed by atoms with van der Waals surface area (Å²) in [6, 6.07) is 19.8. The lowest BCUT2D eigenvalue weighted by atomic mass is 10.2. The first kappa shape index (κ1) is 19.8. The molecule has 0 fully saturated rings. The van der Waals surface area contributed by atoms with Crippen LogP contribution in [0.25, 0.3) is 33.4 Å². The van der Waals surface area contributed by atoms with Gasteiger partial charge in [-0.15, -0.1) is 0 Å². The highest BCUT2D eigenvalue weighted by Crippen LogP contribution is 2.20. The fourth-order valence-electron chi connectivity index (χ4n) is 3.83. The molecule has 0 radical (unpaired) electrons. The molecule has 3 heterocycles. The molecule has 0 atom stereocenters. The van der Waals surface area contributed by atoms with Gasteiger partial charge in [0, 0.05) is 19.8 Å². The highest BCUT2D eigenvalue weighted by atomic mass is 32.1. The molecule has 5 rings (SSSR count). The van der Waals surface area contributed by atoms with Gasteiger partial charge in [0.1, 0.15) is 0 Å². The number of nitrogens with zero attached hydrogens (tertiary/aromatic N) is 5. The van der Waals surface area contributed by atoms with Crippen LogP contribution in [0.5, 0.6) is 0 Å². The Balaban J connectivity index is 2.08. The lowest BCUT2D eigenvalue weighted by molar-refractivity contribution is 0.707. The third kappa shape index (κ3) is 2.78. The number of hydrogen-bond acceptors (Lipinski definition) is 5. The molecule has 3 aromatic heterocycles. The van der Waals surface area contributed by atoms with Gasteiger partial charge in [0.05, 0.1) is 16.5 Å². The zero-order valence-electron chi connectivity index (χ0n) is 17.2. The zero-order valence-corrected chi connectivity index (χ0v) is 18.0. The van der Waals surface area contributed by atoms with Crippen LogP contribution in [0.3, 0.4) is 0 Å². The number of pyridine rings is 1. The second-order valence-electron chi connectivity index (χ2n) is 7.37. The maximum absolute atomic E-state index is 13.6. The van der Waals surface area contributed by atoms with Crippen molar-refractivity contribution in [3.05, 3.63) is 103 Å². The van der Waals surface area contributed by atoms with Crippen LogP contribution in [-0.4, -0.2) is 23.3 Å². The molecule has 2 aromatic carbocycles. The van der Waals surface area contributed by atoms with Gasteiger partial charge in [-0.3, -0.25) is 27.9 Å². The summed E-state index contributed by atoms with van der Waals surface area (Å²) in [5.41, 5.74) is 0.341. The van der Waals surface area contributed by atoms with Crippen LogP contribution in [0.2, 0.25) is 0 Å². The SMILES string of the molecule is Cn1c(=O)c2cc3c(=O)n(-c4ccccc4)c(=S)n(-c4ccccc4)c3nc2n(C)c1=O. The number of aryl methyl sites for hydroxylation is 1. The molecular weight excluding hydrogens is 426 g/mol. The van der Waals surface area contributed by atoms with Crippen LogP contribution < -0.4 is 16.8 Å². The fraction of sp³-hybridized carbons (Fsp3) is 0.0870. The first-order chi connectivity index (χ1) is 15.4. The van der Waals surface area contributed by atoms with E-state index in [9.17, 15) is 14.4 Å². The van der Waals surface area contributed by atoms with Crippen molar-refractivity contribution < 1.29 is 0 Å². The minimum atomic E-state index is -0.517. The van der Waals surface area contributed by atoms with Gasteiger partial charge in [-0.2, -0.15) is 0 Å². The van der Waals surface area contributed by atoms with Gasteiger partial charge < -0.3 is 0 Å². The maximum atomic E-state index is 13.6. The topological polar surface area (TPSA) is 83.8 Å². The largest absolute Gasteiger partial charge is 0.332 e. The van der Waals surface area contributed by atoms with Crippen LogP contribution in [0.15, 0.2) is 81.1 Å². The quantitative estimate of drug-likeness (QED) is 0.309. The van der Waals surface area contributed by atoms with E-state index in [1.54, 1.807) is 16.7 Å². The van der Waals surface area contributed by atoms with Crippen LogP contribution in [0.4, 0.5) is 0 Å². The molecular formula is C23H17N5O3S. The van der Waals surface area contributed by atoms with Gasteiger partial charge in [-0.1, -0.05) is 36.4 Å². The van der Waals surface area contributed by atoms with E-state index in [1.807, 2.05) is 48.5 Å². The minimum absolute atomic E-state index is 0.176. The first-order valence-electron chi connectivity index (χ1n) is 9.79. The predicted molar refractivity (Wildman–Crippen MR) is 125 cm³/mol. The van der Waals surface area contributed by atoms with Crippen LogP contribution >= 0.6 is 12.2 Å². The highest BCUT2D eigenvalue weighted by molar-refractivity contribution is 7.71. The Morgan fingerprint density at radius 2 is 1.22 bits per heavy atom. The van der Waals surface area contributed by atoms with E-state index in [0.717, 1.165) is 4.57 Å². The molecule has 0 saturated carbocycles. The average molecular weight is 443 g/mol. The maximum Gasteiger partial charge on any atom is 0.332 e. The molecule has 0 saturated heterocycles. The molecule has 32 heavy (non-hydrogen) atoms.